The molecule has 4 amide bonds. The lowest BCUT2D eigenvalue weighted by atomic mass is 10.0. The molecule has 1 saturated heterocycles. The minimum atomic E-state index is -1.21. The molecule has 8 nitrogen and oxygen atoms in total. The second-order valence-corrected chi connectivity index (χ2v) is 7.54. The van der Waals surface area contributed by atoms with Crippen molar-refractivity contribution in [2.75, 3.05) is 11.5 Å². The molecule has 2 aromatic rings. The zero-order valence-electron chi connectivity index (χ0n) is 16.4. The molecule has 0 saturated carbocycles. The molecule has 10 heteroatoms. The fraction of sp³-hybridized carbons (Fsp3) is 0.143. The van der Waals surface area contributed by atoms with Crippen molar-refractivity contribution in [2.45, 2.75) is 13.8 Å². The predicted molar refractivity (Wildman–Crippen MR) is 115 cm³/mol. The van der Waals surface area contributed by atoms with E-state index in [2.05, 4.69) is 5.32 Å². The summed E-state index contributed by atoms with van der Waals surface area (Å²) in [6.45, 7) is 3.09. The van der Waals surface area contributed by atoms with Crippen molar-refractivity contribution in [3.05, 3.63) is 62.6 Å². The van der Waals surface area contributed by atoms with Gasteiger partial charge >= 0.3 is 12.0 Å². The quantitative estimate of drug-likeness (QED) is 0.516. The van der Waals surface area contributed by atoms with Crippen LogP contribution in [-0.4, -0.2) is 35.5 Å². The number of carbonyl (C=O) groups excluding carboxylic acids is 3. The second-order valence-electron chi connectivity index (χ2n) is 6.72. The van der Waals surface area contributed by atoms with E-state index in [0.717, 1.165) is 16.0 Å². The number of nitrogens with one attached hydrogen (secondary N) is 1. The number of carboxylic acid groups (broad SMARTS) is 1. The van der Waals surface area contributed by atoms with E-state index >= 15 is 0 Å². The van der Waals surface area contributed by atoms with E-state index in [-0.39, 0.29) is 26.9 Å². The van der Waals surface area contributed by atoms with Gasteiger partial charge in [-0.15, -0.1) is 0 Å². The SMILES string of the molecule is Cc1ccc(N2C(=O)NC(=O)/C(=C\c3cc(Cl)c(OCC(=O)O)c(Cl)c3)C2=O)cc1C. The molecule has 0 spiro atoms. The van der Waals surface area contributed by atoms with Gasteiger partial charge in [0.25, 0.3) is 11.8 Å². The number of amides is 4. The van der Waals surface area contributed by atoms with Crippen molar-refractivity contribution in [2.24, 2.45) is 0 Å². The standard InChI is InChI=1S/C21H16Cl2N2O6/c1-10-3-4-13(5-11(10)2)25-20(29)14(19(28)24-21(25)30)6-12-7-15(22)18(16(23)8-12)31-9-17(26)27/h3-8H,9H2,1-2H3,(H,26,27)(H,24,28,30)/b14-6+. The van der Waals surface area contributed by atoms with Crippen LogP contribution in [0.15, 0.2) is 35.9 Å². The van der Waals surface area contributed by atoms with E-state index in [0.29, 0.717) is 5.69 Å². The Morgan fingerprint density at radius 1 is 1.10 bits per heavy atom. The first-order valence-corrected chi connectivity index (χ1v) is 9.66. The number of carboxylic acids is 1. The van der Waals surface area contributed by atoms with Gasteiger partial charge in [0, 0.05) is 0 Å². The summed E-state index contributed by atoms with van der Waals surface area (Å²) in [6, 6.07) is 6.89. The van der Waals surface area contributed by atoms with Gasteiger partial charge in [-0.05, 0) is 60.9 Å². The van der Waals surface area contributed by atoms with Crippen molar-refractivity contribution in [1.82, 2.24) is 5.32 Å². The molecule has 1 heterocycles. The highest BCUT2D eigenvalue weighted by atomic mass is 35.5. The molecule has 1 aliphatic heterocycles. The first kappa shape index (κ1) is 22.3. The van der Waals surface area contributed by atoms with E-state index in [4.69, 9.17) is 33.0 Å². The fourth-order valence-corrected chi connectivity index (χ4v) is 3.47. The molecule has 2 aromatic carbocycles. The second kappa shape index (κ2) is 8.79. The summed E-state index contributed by atoms with van der Waals surface area (Å²) in [6.07, 6.45) is 1.23. The maximum Gasteiger partial charge on any atom is 0.341 e. The van der Waals surface area contributed by atoms with Crippen LogP contribution in [-0.2, 0) is 14.4 Å². The van der Waals surface area contributed by atoms with Crippen LogP contribution >= 0.6 is 23.2 Å². The van der Waals surface area contributed by atoms with E-state index in [1.807, 2.05) is 13.8 Å². The smallest absolute Gasteiger partial charge is 0.341 e. The van der Waals surface area contributed by atoms with Gasteiger partial charge in [0.05, 0.1) is 15.7 Å². The number of imide groups is 2. The third-order valence-electron chi connectivity index (χ3n) is 4.52. The Balaban J connectivity index is 1.98. The van der Waals surface area contributed by atoms with Crippen LogP contribution in [0, 0.1) is 13.8 Å². The summed E-state index contributed by atoms with van der Waals surface area (Å²) < 4.78 is 5.04. The summed E-state index contributed by atoms with van der Waals surface area (Å²) in [5.74, 6) is -2.93. The first-order chi connectivity index (χ1) is 14.6. The summed E-state index contributed by atoms with van der Waals surface area (Å²) in [5, 5.41) is 10.8. The van der Waals surface area contributed by atoms with Gasteiger partial charge in [0.2, 0.25) is 0 Å². The molecule has 31 heavy (non-hydrogen) atoms. The minimum Gasteiger partial charge on any atom is -0.479 e. The van der Waals surface area contributed by atoms with Gasteiger partial charge in [-0.3, -0.25) is 14.9 Å². The number of halogens is 2. The molecule has 0 radical (unpaired) electrons. The Kier molecular flexibility index (Phi) is 6.33. The molecule has 0 atom stereocenters. The van der Waals surface area contributed by atoms with Crippen LogP contribution in [0.3, 0.4) is 0 Å². The van der Waals surface area contributed by atoms with Crippen LogP contribution in [0.2, 0.25) is 10.0 Å². The highest BCUT2D eigenvalue weighted by molar-refractivity contribution is 6.40. The Morgan fingerprint density at radius 2 is 1.74 bits per heavy atom. The monoisotopic (exact) mass is 462 g/mol. The lowest BCUT2D eigenvalue weighted by Gasteiger charge is -2.27. The summed E-state index contributed by atoms with van der Waals surface area (Å²) in [5.41, 5.74) is 2.15. The number of benzene rings is 2. The summed E-state index contributed by atoms with van der Waals surface area (Å²) in [7, 11) is 0. The molecule has 1 aliphatic rings. The lowest BCUT2D eigenvalue weighted by molar-refractivity contribution is -0.139. The van der Waals surface area contributed by atoms with E-state index in [9.17, 15) is 19.2 Å². The van der Waals surface area contributed by atoms with Crippen LogP contribution in [0.25, 0.3) is 6.08 Å². The number of aryl methyl sites for hydroxylation is 2. The molecule has 0 unspecified atom stereocenters. The van der Waals surface area contributed by atoms with Crippen molar-refractivity contribution < 1.29 is 29.0 Å². The Hall–Kier alpha value is -3.36. The van der Waals surface area contributed by atoms with E-state index in [1.54, 1.807) is 18.2 Å². The molecular weight excluding hydrogens is 447 g/mol. The number of aliphatic carboxylic acids is 1. The number of barbiturate groups is 1. The van der Waals surface area contributed by atoms with Crippen LogP contribution in [0.4, 0.5) is 10.5 Å². The Labute approximate surface area is 187 Å². The third-order valence-corrected chi connectivity index (χ3v) is 5.08. The normalized spacial score (nSPS) is 15.3. The number of hydrogen-bond acceptors (Lipinski definition) is 5. The predicted octanol–water partition coefficient (Wildman–Crippen LogP) is 3.74. The van der Waals surface area contributed by atoms with Crippen molar-refractivity contribution >= 4 is 58.8 Å². The zero-order chi connectivity index (χ0) is 22.9. The Bertz CT molecular complexity index is 1140. The molecule has 0 aromatic heterocycles. The summed E-state index contributed by atoms with van der Waals surface area (Å²) in [4.78, 5) is 49.2. The largest absolute Gasteiger partial charge is 0.479 e. The number of carbonyl (C=O) groups is 4. The first-order valence-electron chi connectivity index (χ1n) is 8.91. The van der Waals surface area contributed by atoms with E-state index in [1.165, 1.54) is 18.2 Å². The van der Waals surface area contributed by atoms with Crippen LogP contribution < -0.4 is 15.0 Å². The molecule has 3 rings (SSSR count). The molecule has 2 N–H and O–H groups in total. The molecular formula is C21H16Cl2N2O6. The highest BCUT2D eigenvalue weighted by Crippen LogP contribution is 2.35. The number of ether oxygens (including phenoxy) is 1. The van der Waals surface area contributed by atoms with E-state index < -0.39 is 30.4 Å². The molecule has 0 aliphatic carbocycles. The average molecular weight is 463 g/mol. The van der Waals surface area contributed by atoms with Gasteiger partial charge in [-0.2, -0.15) is 0 Å². The van der Waals surface area contributed by atoms with Gasteiger partial charge in [0.1, 0.15) is 5.57 Å². The number of rotatable bonds is 5. The fourth-order valence-electron chi connectivity index (χ4n) is 2.86. The topological polar surface area (TPSA) is 113 Å². The van der Waals surface area contributed by atoms with Gasteiger partial charge in [-0.1, -0.05) is 29.3 Å². The number of nitrogens with zero attached hydrogens (tertiary/aromatic N) is 1. The maximum absolute atomic E-state index is 13.0. The third kappa shape index (κ3) is 4.70. The van der Waals surface area contributed by atoms with Crippen molar-refractivity contribution in [1.29, 1.82) is 0 Å². The molecule has 1 fully saturated rings. The zero-order valence-corrected chi connectivity index (χ0v) is 17.9. The summed E-state index contributed by atoms with van der Waals surface area (Å²) >= 11 is 12.2. The average Bonchev–Trinajstić information content (AvgIpc) is 2.67. The molecule has 0 bridgehead atoms. The highest BCUT2D eigenvalue weighted by Gasteiger charge is 2.37. The van der Waals surface area contributed by atoms with Crippen LogP contribution in [0.1, 0.15) is 16.7 Å². The number of anilines is 1. The number of urea groups is 1. The van der Waals surface area contributed by atoms with Gasteiger partial charge < -0.3 is 9.84 Å². The maximum atomic E-state index is 13.0. The Morgan fingerprint density at radius 3 is 2.32 bits per heavy atom. The van der Waals surface area contributed by atoms with Crippen molar-refractivity contribution in [3.63, 3.8) is 0 Å². The lowest BCUT2D eigenvalue weighted by Crippen LogP contribution is -2.54. The van der Waals surface area contributed by atoms with Gasteiger partial charge in [-0.25, -0.2) is 14.5 Å². The molecule has 160 valence electrons. The number of hydrogen-bond donors (Lipinski definition) is 2. The minimum absolute atomic E-state index is 0.00800. The van der Waals surface area contributed by atoms with Crippen molar-refractivity contribution in [3.8, 4) is 5.75 Å². The van der Waals surface area contributed by atoms with Gasteiger partial charge in [0.15, 0.2) is 12.4 Å². The van der Waals surface area contributed by atoms with Crippen LogP contribution in [0.5, 0.6) is 5.75 Å².